The molecule has 5 nitrogen and oxygen atoms in total. The summed E-state index contributed by atoms with van der Waals surface area (Å²) < 4.78 is 13.2. The second-order valence-electron chi connectivity index (χ2n) is 5.59. The summed E-state index contributed by atoms with van der Waals surface area (Å²) in [6.07, 6.45) is 1.02. The molecule has 26 heavy (non-hydrogen) atoms. The fourth-order valence-electron chi connectivity index (χ4n) is 2.30. The van der Waals surface area contributed by atoms with E-state index in [0.717, 1.165) is 5.56 Å². The summed E-state index contributed by atoms with van der Waals surface area (Å²) in [4.78, 5) is 12.0. The van der Waals surface area contributed by atoms with E-state index in [1.165, 1.54) is 12.1 Å². The Bertz CT molecular complexity index is 888. The van der Waals surface area contributed by atoms with Gasteiger partial charge in [-0.3, -0.25) is 4.79 Å². The summed E-state index contributed by atoms with van der Waals surface area (Å²) in [5, 5.41) is 13.6. The molecule has 0 aliphatic heterocycles. The van der Waals surface area contributed by atoms with E-state index >= 15 is 0 Å². The molecule has 3 rings (SSSR count). The van der Waals surface area contributed by atoms with Crippen molar-refractivity contribution in [2.75, 3.05) is 10.6 Å². The Kier molecular flexibility index (Phi) is 5.76. The second-order valence-corrected chi connectivity index (χ2v) is 6.00. The summed E-state index contributed by atoms with van der Waals surface area (Å²) in [5.41, 5.74) is 1.69. The Hall–Kier alpha value is -2.99. The zero-order valence-electron chi connectivity index (χ0n) is 13.7. The summed E-state index contributed by atoms with van der Waals surface area (Å²) in [6, 6.07) is 17.4. The summed E-state index contributed by atoms with van der Waals surface area (Å²) in [5.74, 6) is 0.201. The van der Waals surface area contributed by atoms with Crippen molar-refractivity contribution in [3.05, 3.63) is 77.1 Å². The van der Waals surface area contributed by atoms with Gasteiger partial charge in [-0.25, -0.2) is 4.39 Å². The molecule has 1 amide bonds. The SMILES string of the molecule is O=C(CCc1ccccc1)Nc1ccc(Nc2ccc(F)c(Cl)c2)nn1. The summed E-state index contributed by atoms with van der Waals surface area (Å²) >= 11 is 5.74. The van der Waals surface area contributed by atoms with Gasteiger partial charge in [0.2, 0.25) is 5.91 Å². The first-order valence-corrected chi connectivity index (χ1v) is 8.37. The number of benzene rings is 2. The first-order chi connectivity index (χ1) is 12.6. The number of carbonyl (C=O) groups is 1. The van der Waals surface area contributed by atoms with Crippen LogP contribution in [-0.4, -0.2) is 16.1 Å². The molecule has 3 aromatic rings. The molecule has 2 N–H and O–H groups in total. The third-order valence-electron chi connectivity index (χ3n) is 3.61. The number of halogens is 2. The molecule has 0 aliphatic carbocycles. The van der Waals surface area contributed by atoms with Gasteiger partial charge in [0, 0.05) is 12.1 Å². The monoisotopic (exact) mass is 370 g/mol. The highest BCUT2D eigenvalue weighted by molar-refractivity contribution is 6.31. The van der Waals surface area contributed by atoms with Crippen LogP contribution in [0.1, 0.15) is 12.0 Å². The van der Waals surface area contributed by atoms with E-state index in [1.807, 2.05) is 30.3 Å². The smallest absolute Gasteiger partial charge is 0.225 e. The van der Waals surface area contributed by atoms with Crippen LogP contribution < -0.4 is 10.6 Å². The molecule has 0 bridgehead atoms. The van der Waals surface area contributed by atoms with Crippen molar-refractivity contribution in [1.29, 1.82) is 0 Å². The van der Waals surface area contributed by atoms with Crippen molar-refractivity contribution in [2.24, 2.45) is 0 Å². The molecule has 0 atom stereocenters. The second kappa shape index (κ2) is 8.40. The standard InChI is InChI=1S/C19H16ClFN4O/c20-15-12-14(7-8-16(15)21)22-17-9-10-18(25-24-17)23-19(26)11-6-13-4-2-1-3-5-13/h1-5,7-10,12H,6,11H2,(H,22,24)(H,23,25,26). The van der Waals surface area contributed by atoms with E-state index in [2.05, 4.69) is 20.8 Å². The Morgan fingerprint density at radius 2 is 1.73 bits per heavy atom. The molecule has 1 heterocycles. The minimum Gasteiger partial charge on any atom is -0.339 e. The van der Waals surface area contributed by atoms with Crippen LogP contribution >= 0.6 is 11.6 Å². The van der Waals surface area contributed by atoms with Crippen molar-refractivity contribution >= 4 is 34.8 Å². The number of rotatable bonds is 6. The van der Waals surface area contributed by atoms with Gasteiger partial charge in [-0.15, -0.1) is 10.2 Å². The number of aryl methyl sites for hydroxylation is 1. The van der Waals surface area contributed by atoms with Crippen LogP contribution in [0.5, 0.6) is 0 Å². The zero-order valence-corrected chi connectivity index (χ0v) is 14.5. The van der Waals surface area contributed by atoms with Crippen LogP contribution in [0, 0.1) is 5.82 Å². The Labute approximate surface area is 155 Å². The molecule has 1 aromatic heterocycles. The molecular formula is C19H16ClFN4O. The van der Waals surface area contributed by atoms with Crippen LogP contribution in [-0.2, 0) is 11.2 Å². The average molecular weight is 371 g/mol. The molecule has 0 aliphatic rings. The van der Waals surface area contributed by atoms with Gasteiger partial charge >= 0.3 is 0 Å². The topological polar surface area (TPSA) is 66.9 Å². The number of hydrogen-bond acceptors (Lipinski definition) is 4. The molecule has 0 radical (unpaired) electrons. The minimum absolute atomic E-state index is 0.0188. The van der Waals surface area contributed by atoms with E-state index in [0.29, 0.717) is 30.2 Å². The van der Waals surface area contributed by atoms with Crippen LogP contribution in [0.3, 0.4) is 0 Å². The van der Waals surface area contributed by atoms with Gasteiger partial charge in [-0.1, -0.05) is 41.9 Å². The lowest BCUT2D eigenvalue weighted by Crippen LogP contribution is -2.14. The van der Waals surface area contributed by atoms with Crippen molar-refractivity contribution in [3.63, 3.8) is 0 Å². The number of nitrogens with one attached hydrogen (secondary N) is 2. The van der Waals surface area contributed by atoms with E-state index in [-0.39, 0.29) is 10.9 Å². The van der Waals surface area contributed by atoms with Crippen LogP contribution in [0.2, 0.25) is 5.02 Å². The van der Waals surface area contributed by atoms with Crippen LogP contribution in [0.25, 0.3) is 0 Å². The van der Waals surface area contributed by atoms with Gasteiger partial charge in [0.05, 0.1) is 5.02 Å². The maximum Gasteiger partial charge on any atom is 0.225 e. The maximum absolute atomic E-state index is 13.2. The first kappa shape index (κ1) is 17.8. The van der Waals surface area contributed by atoms with E-state index in [9.17, 15) is 9.18 Å². The molecule has 0 spiro atoms. The average Bonchev–Trinajstić information content (AvgIpc) is 2.65. The Morgan fingerprint density at radius 1 is 1.00 bits per heavy atom. The normalized spacial score (nSPS) is 10.4. The predicted molar refractivity (Wildman–Crippen MR) is 100 cm³/mol. The lowest BCUT2D eigenvalue weighted by Gasteiger charge is -2.07. The quantitative estimate of drug-likeness (QED) is 0.666. The molecule has 7 heteroatoms. The summed E-state index contributed by atoms with van der Waals surface area (Å²) in [6.45, 7) is 0. The minimum atomic E-state index is -0.489. The zero-order chi connectivity index (χ0) is 18.4. The third kappa shape index (κ3) is 5.00. The largest absolute Gasteiger partial charge is 0.339 e. The molecule has 0 unspecified atom stereocenters. The highest BCUT2D eigenvalue weighted by atomic mass is 35.5. The van der Waals surface area contributed by atoms with Gasteiger partial charge in [-0.2, -0.15) is 0 Å². The number of nitrogens with zero attached hydrogens (tertiary/aromatic N) is 2. The number of carbonyl (C=O) groups excluding carboxylic acids is 1. The van der Waals surface area contributed by atoms with Crippen molar-refractivity contribution < 1.29 is 9.18 Å². The molecule has 0 saturated heterocycles. The number of hydrogen-bond donors (Lipinski definition) is 2. The van der Waals surface area contributed by atoms with E-state index in [4.69, 9.17) is 11.6 Å². The van der Waals surface area contributed by atoms with E-state index < -0.39 is 5.82 Å². The van der Waals surface area contributed by atoms with Crippen molar-refractivity contribution in [1.82, 2.24) is 10.2 Å². The van der Waals surface area contributed by atoms with Gasteiger partial charge in [0.1, 0.15) is 5.82 Å². The van der Waals surface area contributed by atoms with E-state index in [1.54, 1.807) is 18.2 Å². The summed E-state index contributed by atoms with van der Waals surface area (Å²) in [7, 11) is 0. The molecule has 0 saturated carbocycles. The lowest BCUT2D eigenvalue weighted by atomic mass is 10.1. The van der Waals surface area contributed by atoms with Crippen LogP contribution in [0.4, 0.5) is 21.7 Å². The van der Waals surface area contributed by atoms with Gasteiger partial charge in [0.25, 0.3) is 0 Å². The lowest BCUT2D eigenvalue weighted by molar-refractivity contribution is -0.116. The molecule has 132 valence electrons. The van der Waals surface area contributed by atoms with Gasteiger partial charge < -0.3 is 10.6 Å². The molecular weight excluding hydrogens is 355 g/mol. The van der Waals surface area contributed by atoms with Crippen molar-refractivity contribution in [3.8, 4) is 0 Å². The number of amides is 1. The first-order valence-electron chi connectivity index (χ1n) is 8.00. The maximum atomic E-state index is 13.2. The number of aromatic nitrogens is 2. The Balaban J connectivity index is 1.53. The highest BCUT2D eigenvalue weighted by Crippen LogP contribution is 2.22. The fraction of sp³-hybridized carbons (Fsp3) is 0.105. The molecule has 0 fully saturated rings. The number of anilines is 3. The van der Waals surface area contributed by atoms with Crippen LogP contribution in [0.15, 0.2) is 60.7 Å². The highest BCUT2D eigenvalue weighted by Gasteiger charge is 2.06. The predicted octanol–water partition coefficient (Wildman–Crippen LogP) is 4.58. The van der Waals surface area contributed by atoms with Gasteiger partial charge in [0.15, 0.2) is 11.6 Å². The Morgan fingerprint density at radius 3 is 2.42 bits per heavy atom. The van der Waals surface area contributed by atoms with Crippen molar-refractivity contribution in [2.45, 2.75) is 12.8 Å². The fourth-order valence-corrected chi connectivity index (χ4v) is 2.48. The molecule has 2 aromatic carbocycles. The van der Waals surface area contributed by atoms with Gasteiger partial charge in [-0.05, 0) is 42.3 Å². The third-order valence-corrected chi connectivity index (χ3v) is 3.90.